The van der Waals surface area contributed by atoms with Crippen LogP contribution in [0, 0.1) is 3.57 Å². The van der Waals surface area contributed by atoms with Gasteiger partial charge >= 0.3 is 11.9 Å². The number of carbonyl (C=O) groups is 2. The number of esters is 2. The number of hydrogen-bond donors (Lipinski definition) is 1. The lowest BCUT2D eigenvalue weighted by Gasteiger charge is -2.00. The van der Waals surface area contributed by atoms with E-state index in [0.29, 0.717) is 26.9 Å². The smallest absolute Gasteiger partial charge is 0.337 e. The first kappa shape index (κ1) is 20.5. The van der Waals surface area contributed by atoms with Crippen LogP contribution >= 0.6 is 45.8 Å². The fourth-order valence-corrected chi connectivity index (χ4v) is 2.21. The Labute approximate surface area is 163 Å². The van der Waals surface area contributed by atoms with Gasteiger partial charge in [0.05, 0.1) is 41.1 Å². The molecule has 2 rings (SSSR count). The Morgan fingerprint density at radius 3 is 1.79 bits per heavy atom. The van der Waals surface area contributed by atoms with Crippen LogP contribution in [0.2, 0.25) is 10.0 Å². The second-order valence-electron chi connectivity index (χ2n) is 4.35. The van der Waals surface area contributed by atoms with Crippen LogP contribution in [0.4, 0.5) is 5.69 Å². The molecule has 5 nitrogen and oxygen atoms in total. The van der Waals surface area contributed by atoms with Crippen molar-refractivity contribution >= 4 is 63.4 Å². The molecule has 0 bridgehead atoms. The molecule has 0 saturated carbocycles. The van der Waals surface area contributed by atoms with Crippen molar-refractivity contribution in [1.29, 1.82) is 0 Å². The molecule has 2 aromatic carbocycles. The zero-order chi connectivity index (χ0) is 18.3. The zero-order valence-electron chi connectivity index (χ0n) is 12.8. The molecule has 24 heavy (non-hydrogen) atoms. The Bertz CT molecular complexity index is 689. The molecule has 0 aliphatic heterocycles. The summed E-state index contributed by atoms with van der Waals surface area (Å²) in [6, 6.07) is 9.65. The molecule has 0 amide bonds. The van der Waals surface area contributed by atoms with Crippen LogP contribution in [-0.2, 0) is 9.47 Å². The first-order chi connectivity index (χ1) is 11.3. The van der Waals surface area contributed by atoms with Crippen molar-refractivity contribution in [2.45, 2.75) is 0 Å². The normalized spacial score (nSPS) is 9.54. The molecule has 0 radical (unpaired) electrons. The number of hydrogen-bond acceptors (Lipinski definition) is 5. The van der Waals surface area contributed by atoms with E-state index in [2.05, 4.69) is 32.1 Å². The lowest BCUT2D eigenvalue weighted by atomic mass is 10.2. The number of ether oxygens (including phenoxy) is 2. The van der Waals surface area contributed by atoms with Gasteiger partial charge in [-0.2, -0.15) is 0 Å². The molecule has 0 aliphatic rings. The highest BCUT2D eigenvalue weighted by atomic mass is 127. The van der Waals surface area contributed by atoms with Gasteiger partial charge in [-0.3, -0.25) is 0 Å². The van der Waals surface area contributed by atoms with E-state index < -0.39 is 5.97 Å². The van der Waals surface area contributed by atoms with Crippen LogP contribution in [0.3, 0.4) is 0 Å². The second kappa shape index (κ2) is 9.71. The van der Waals surface area contributed by atoms with Crippen molar-refractivity contribution in [3.8, 4) is 0 Å². The third-order valence-electron chi connectivity index (χ3n) is 2.76. The minimum atomic E-state index is -0.420. The van der Waals surface area contributed by atoms with Crippen molar-refractivity contribution in [1.82, 2.24) is 0 Å². The minimum Gasteiger partial charge on any atom is -0.465 e. The summed E-state index contributed by atoms with van der Waals surface area (Å²) in [5.41, 5.74) is 6.77. The van der Waals surface area contributed by atoms with Gasteiger partial charge in [-0.05, 0) is 59.0 Å². The Morgan fingerprint density at radius 2 is 1.38 bits per heavy atom. The van der Waals surface area contributed by atoms with Crippen molar-refractivity contribution in [2.75, 3.05) is 20.0 Å². The number of methoxy groups -OCH3 is 2. The predicted octanol–water partition coefficient (Wildman–Crippen LogP) is 4.44. The summed E-state index contributed by atoms with van der Waals surface area (Å²) in [5.74, 6) is -0.787. The molecule has 2 aromatic rings. The van der Waals surface area contributed by atoms with E-state index in [1.807, 2.05) is 0 Å². The molecule has 0 fully saturated rings. The van der Waals surface area contributed by atoms with Gasteiger partial charge in [0.1, 0.15) is 0 Å². The van der Waals surface area contributed by atoms with Gasteiger partial charge in [-0.1, -0.05) is 23.2 Å². The van der Waals surface area contributed by atoms with Gasteiger partial charge < -0.3 is 15.2 Å². The fourth-order valence-electron chi connectivity index (χ4n) is 1.51. The third-order valence-corrected chi connectivity index (χ3v) is 4.66. The summed E-state index contributed by atoms with van der Waals surface area (Å²) in [4.78, 5) is 21.9. The number of benzene rings is 2. The third kappa shape index (κ3) is 5.85. The van der Waals surface area contributed by atoms with Crippen LogP contribution < -0.4 is 5.73 Å². The summed E-state index contributed by atoms with van der Waals surface area (Å²) < 4.78 is 9.94. The van der Waals surface area contributed by atoms with E-state index in [1.165, 1.54) is 20.3 Å². The highest BCUT2D eigenvalue weighted by Crippen LogP contribution is 2.20. The van der Waals surface area contributed by atoms with E-state index in [0.717, 1.165) is 3.57 Å². The van der Waals surface area contributed by atoms with Crippen molar-refractivity contribution < 1.29 is 19.1 Å². The molecule has 0 aliphatic carbocycles. The first-order valence-corrected chi connectivity index (χ1v) is 8.30. The molecular weight excluding hydrogens is 468 g/mol. The van der Waals surface area contributed by atoms with Gasteiger partial charge in [0.15, 0.2) is 0 Å². The molecule has 0 atom stereocenters. The standard InChI is InChI=1S/C8H6ClIO2.C8H8ClNO2/c2*1-12-8(11)5-2-3-7(10)6(9)4-5/h2-4H,1H3;2-4H,10H2,1H3. The number of nitrogen functional groups attached to an aromatic ring is 1. The topological polar surface area (TPSA) is 78.6 Å². The largest absolute Gasteiger partial charge is 0.465 e. The number of anilines is 1. The zero-order valence-corrected chi connectivity index (χ0v) is 16.5. The van der Waals surface area contributed by atoms with E-state index in [1.54, 1.807) is 30.3 Å². The monoisotopic (exact) mass is 481 g/mol. The molecule has 0 spiro atoms. The maximum atomic E-state index is 11.0. The van der Waals surface area contributed by atoms with Crippen LogP contribution in [-0.4, -0.2) is 26.2 Å². The molecule has 0 unspecified atom stereocenters. The Hall–Kier alpha value is -1.51. The number of carbonyl (C=O) groups excluding carboxylic acids is 2. The van der Waals surface area contributed by atoms with Gasteiger partial charge in [0.2, 0.25) is 0 Å². The van der Waals surface area contributed by atoms with Crippen LogP contribution in [0.5, 0.6) is 0 Å². The van der Waals surface area contributed by atoms with E-state index >= 15 is 0 Å². The van der Waals surface area contributed by atoms with Crippen molar-refractivity contribution in [3.05, 3.63) is 61.1 Å². The lowest BCUT2D eigenvalue weighted by molar-refractivity contribution is 0.0592. The van der Waals surface area contributed by atoms with Crippen LogP contribution in [0.1, 0.15) is 20.7 Å². The number of nitrogens with two attached hydrogens (primary N) is 1. The molecule has 128 valence electrons. The Morgan fingerprint density at radius 1 is 0.917 bits per heavy atom. The summed E-state index contributed by atoms with van der Waals surface area (Å²) >= 11 is 13.6. The molecule has 0 heterocycles. The predicted molar refractivity (Wildman–Crippen MR) is 103 cm³/mol. The summed E-state index contributed by atoms with van der Waals surface area (Å²) in [6.07, 6.45) is 0. The molecular formula is C16H14Cl2INO4. The summed E-state index contributed by atoms with van der Waals surface area (Å²) in [6.45, 7) is 0. The van der Waals surface area contributed by atoms with Gasteiger partial charge in [0, 0.05) is 3.57 Å². The van der Waals surface area contributed by atoms with Gasteiger partial charge in [-0.25, -0.2) is 9.59 Å². The molecule has 0 saturated heterocycles. The van der Waals surface area contributed by atoms with Gasteiger partial charge in [0.25, 0.3) is 0 Å². The van der Waals surface area contributed by atoms with Crippen LogP contribution in [0.25, 0.3) is 0 Å². The second-order valence-corrected chi connectivity index (χ2v) is 6.32. The van der Waals surface area contributed by atoms with Crippen LogP contribution in [0.15, 0.2) is 36.4 Å². The molecule has 2 N–H and O–H groups in total. The Kier molecular flexibility index (Phi) is 8.30. The maximum absolute atomic E-state index is 11.0. The number of halogens is 3. The quantitative estimate of drug-likeness (QED) is 0.389. The lowest BCUT2D eigenvalue weighted by Crippen LogP contribution is -2.01. The first-order valence-electron chi connectivity index (χ1n) is 6.46. The molecule has 8 heteroatoms. The van der Waals surface area contributed by atoms with Crippen molar-refractivity contribution in [2.24, 2.45) is 0 Å². The van der Waals surface area contributed by atoms with Crippen molar-refractivity contribution in [3.63, 3.8) is 0 Å². The van der Waals surface area contributed by atoms with Gasteiger partial charge in [-0.15, -0.1) is 0 Å². The average molecular weight is 482 g/mol. The van der Waals surface area contributed by atoms with E-state index in [9.17, 15) is 9.59 Å². The Balaban J connectivity index is 0.000000240. The summed E-state index contributed by atoms with van der Waals surface area (Å²) in [5, 5.41) is 0.927. The minimum absolute atomic E-state index is 0.359. The number of rotatable bonds is 2. The summed E-state index contributed by atoms with van der Waals surface area (Å²) in [7, 11) is 2.65. The molecule has 0 aromatic heterocycles. The highest BCUT2D eigenvalue weighted by Gasteiger charge is 2.07. The highest BCUT2D eigenvalue weighted by molar-refractivity contribution is 14.1. The fraction of sp³-hybridized carbons (Fsp3) is 0.125. The SMILES string of the molecule is COC(=O)c1ccc(I)c(Cl)c1.COC(=O)c1ccc(N)c(Cl)c1. The van der Waals surface area contributed by atoms with E-state index in [4.69, 9.17) is 28.9 Å². The average Bonchev–Trinajstić information content (AvgIpc) is 2.58. The van der Waals surface area contributed by atoms with E-state index in [-0.39, 0.29) is 5.97 Å². The maximum Gasteiger partial charge on any atom is 0.337 e.